The molecule has 5 nitrogen and oxygen atoms in total. The molecule has 0 unspecified atom stereocenters. The number of ether oxygens (including phenoxy) is 2. The molecular weight excluding hydrogens is 388 g/mol. The third-order valence-electron chi connectivity index (χ3n) is 5.42. The van der Waals surface area contributed by atoms with Crippen LogP contribution in [0.4, 0.5) is 0 Å². The highest BCUT2D eigenvalue weighted by Gasteiger charge is 2.34. The number of benzene rings is 2. The first kappa shape index (κ1) is 18.1. The minimum absolute atomic E-state index is 0.0243. The van der Waals surface area contributed by atoms with Crippen LogP contribution in [0.3, 0.4) is 0 Å². The Balaban J connectivity index is 1.38. The van der Waals surface area contributed by atoms with Gasteiger partial charge in [0.1, 0.15) is 0 Å². The molecule has 1 saturated carbocycles. The molecule has 1 amide bonds. The molecular formula is C23H21ClN2O3. The van der Waals surface area contributed by atoms with Gasteiger partial charge in [0, 0.05) is 35.1 Å². The van der Waals surface area contributed by atoms with E-state index in [1.165, 1.54) is 0 Å². The van der Waals surface area contributed by atoms with Crippen LogP contribution in [-0.2, 0) is 13.1 Å². The summed E-state index contributed by atoms with van der Waals surface area (Å²) < 4.78 is 13.0. The number of nitrogens with zero attached hydrogens (tertiary/aromatic N) is 2. The van der Waals surface area contributed by atoms with Crippen LogP contribution in [0.1, 0.15) is 34.5 Å². The maximum Gasteiger partial charge on any atom is 0.254 e. The van der Waals surface area contributed by atoms with Crippen LogP contribution < -0.4 is 9.47 Å². The first-order valence-corrected chi connectivity index (χ1v) is 10.1. The van der Waals surface area contributed by atoms with Crippen molar-refractivity contribution in [3.05, 3.63) is 82.6 Å². The van der Waals surface area contributed by atoms with Crippen molar-refractivity contribution in [2.24, 2.45) is 0 Å². The minimum atomic E-state index is 0.0243. The van der Waals surface area contributed by atoms with Gasteiger partial charge < -0.3 is 18.9 Å². The van der Waals surface area contributed by atoms with E-state index in [9.17, 15) is 4.79 Å². The second-order valence-electron chi connectivity index (χ2n) is 7.45. The predicted molar refractivity (Wildman–Crippen MR) is 110 cm³/mol. The van der Waals surface area contributed by atoms with E-state index in [0.717, 1.165) is 29.1 Å². The van der Waals surface area contributed by atoms with Gasteiger partial charge in [0.15, 0.2) is 11.5 Å². The quantitative estimate of drug-likeness (QED) is 0.592. The maximum absolute atomic E-state index is 13.3. The summed E-state index contributed by atoms with van der Waals surface area (Å²) in [4.78, 5) is 15.2. The van der Waals surface area contributed by atoms with Gasteiger partial charge in [-0.15, -0.1) is 0 Å². The van der Waals surface area contributed by atoms with Gasteiger partial charge in [-0.1, -0.05) is 29.8 Å². The van der Waals surface area contributed by atoms with E-state index in [4.69, 9.17) is 21.1 Å². The lowest BCUT2D eigenvalue weighted by molar-refractivity contribution is 0.0725. The van der Waals surface area contributed by atoms with Crippen LogP contribution in [0.5, 0.6) is 11.5 Å². The van der Waals surface area contributed by atoms with Gasteiger partial charge in [0.25, 0.3) is 5.91 Å². The van der Waals surface area contributed by atoms with Gasteiger partial charge >= 0.3 is 0 Å². The number of halogens is 1. The summed E-state index contributed by atoms with van der Waals surface area (Å²) in [5.41, 5.74) is 2.78. The monoisotopic (exact) mass is 408 g/mol. The largest absolute Gasteiger partial charge is 0.454 e. The molecule has 1 aliphatic heterocycles. The zero-order valence-electron chi connectivity index (χ0n) is 15.9. The van der Waals surface area contributed by atoms with Crippen molar-refractivity contribution in [2.75, 3.05) is 6.79 Å². The molecule has 1 aliphatic carbocycles. The fourth-order valence-corrected chi connectivity index (χ4v) is 3.88. The number of carbonyl (C=O) groups excluding carboxylic acids is 1. The van der Waals surface area contributed by atoms with E-state index in [1.54, 1.807) is 12.1 Å². The van der Waals surface area contributed by atoms with Crippen LogP contribution in [0.25, 0.3) is 0 Å². The zero-order chi connectivity index (χ0) is 19.8. The van der Waals surface area contributed by atoms with Crippen molar-refractivity contribution in [2.45, 2.75) is 32.0 Å². The molecule has 5 rings (SSSR count). The number of rotatable bonds is 6. The maximum atomic E-state index is 13.3. The Hall–Kier alpha value is -2.92. The molecule has 0 N–H and O–H groups in total. The SMILES string of the molecule is O=C(c1ccc2c(c1)OCO2)N(Cc1cccn1Cc1ccccc1Cl)C1CC1. The molecule has 2 aromatic carbocycles. The Labute approximate surface area is 174 Å². The fourth-order valence-electron chi connectivity index (χ4n) is 3.68. The number of aromatic nitrogens is 1. The van der Waals surface area contributed by atoms with E-state index in [1.807, 2.05) is 47.5 Å². The van der Waals surface area contributed by atoms with Gasteiger partial charge in [-0.2, -0.15) is 0 Å². The first-order chi connectivity index (χ1) is 14.2. The second-order valence-corrected chi connectivity index (χ2v) is 7.86. The third-order valence-corrected chi connectivity index (χ3v) is 5.79. The molecule has 0 spiro atoms. The molecule has 3 aromatic rings. The summed E-state index contributed by atoms with van der Waals surface area (Å²) in [6, 6.07) is 17.6. The minimum Gasteiger partial charge on any atom is -0.454 e. The molecule has 148 valence electrons. The zero-order valence-corrected chi connectivity index (χ0v) is 16.6. The standard InChI is InChI=1S/C23H21ClN2O3/c24-20-6-2-1-4-17(20)13-25-11-3-5-19(25)14-26(18-8-9-18)23(27)16-7-10-21-22(12-16)29-15-28-21/h1-7,10-12,18H,8-9,13-15H2. The Morgan fingerprint density at radius 2 is 1.90 bits per heavy atom. The molecule has 2 heterocycles. The average molecular weight is 409 g/mol. The second kappa shape index (κ2) is 7.48. The number of amides is 1. The van der Waals surface area contributed by atoms with Gasteiger partial charge in [-0.3, -0.25) is 4.79 Å². The lowest BCUT2D eigenvalue weighted by atomic mass is 10.1. The van der Waals surface area contributed by atoms with Crippen molar-refractivity contribution in [3.63, 3.8) is 0 Å². The lowest BCUT2D eigenvalue weighted by Crippen LogP contribution is -2.33. The Morgan fingerprint density at radius 1 is 1.07 bits per heavy atom. The van der Waals surface area contributed by atoms with Gasteiger partial charge in [-0.25, -0.2) is 0 Å². The normalized spacial score (nSPS) is 14.8. The summed E-state index contributed by atoms with van der Waals surface area (Å²) in [5.74, 6) is 1.35. The number of hydrogen-bond donors (Lipinski definition) is 0. The number of hydrogen-bond acceptors (Lipinski definition) is 3. The average Bonchev–Trinajstić information content (AvgIpc) is 3.30. The van der Waals surface area contributed by atoms with Crippen LogP contribution in [0.2, 0.25) is 5.02 Å². The van der Waals surface area contributed by atoms with Gasteiger partial charge in [0.05, 0.1) is 6.54 Å². The van der Waals surface area contributed by atoms with E-state index >= 15 is 0 Å². The molecule has 0 saturated heterocycles. The van der Waals surface area contributed by atoms with E-state index < -0.39 is 0 Å². The fraction of sp³-hybridized carbons (Fsp3) is 0.261. The molecule has 29 heavy (non-hydrogen) atoms. The summed E-state index contributed by atoms with van der Waals surface area (Å²) in [6.45, 7) is 1.45. The third kappa shape index (κ3) is 3.70. The van der Waals surface area contributed by atoms with Crippen molar-refractivity contribution in [1.29, 1.82) is 0 Å². The van der Waals surface area contributed by atoms with Crippen LogP contribution in [0.15, 0.2) is 60.8 Å². The molecule has 1 fully saturated rings. The number of fused-ring (bicyclic) bond motifs is 1. The van der Waals surface area contributed by atoms with Crippen LogP contribution in [-0.4, -0.2) is 28.2 Å². The van der Waals surface area contributed by atoms with Crippen molar-refractivity contribution < 1.29 is 14.3 Å². The highest BCUT2D eigenvalue weighted by molar-refractivity contribution is 6.31. The molecule has 0 atom stereocenters. The molecule has 0 radical (unpaired) electrons. The van der Waals surface area contributed by atoms with E-state index in [-0.39, 0.29) is 18.7 Å². The van der Waals surface area contributed by atoms with Crippen molar-refractivity contribution >= 4 is 17.5 Å². The van der Waals surface area contributed by atoms with Crippen LogP contribution >= 0.6 is 11.6 Å². The van der Waals surface area contributed by atoms with Gasteiger partial charge in [-0.05, 0) is 54.8 Å². The Kier molecular flexibility index (Phi) is 4.68. The summed E-state index contributed by atoms with van der Waals surface area (Å²) >= 11 is 6.34. The Morgan fingerprint density at radius 3 is 2.72 bits per heavy atom. The molecule has 2 aliphatic rings. The number of carbonyl (C=O) groups is 1. The molecule has 1 aromatic heterocycles. The van der Waals surface area contributed by atoms with E-state index in [2.05, 4.69) is 10.6 Å². The predicted octanol–water partition coefficient (Wildman–Crippen LogP) is 4.72. The first-order valence-electron chi connectivity index (χ1n) is 9.77. The summed E-state index contributed by atoms with van der Waals surface area (Å²) in [7, 11) is 0. The summed E-state index contributed by atoms with van der Waals surface area (Å²) in [6.07, 6.45) is 4.12. The highest BCUT2D eigenvalue weighted by atomic mass is 35.5. The van der Waals surface area contributed by atoms with Crippen molar-refractivity contribution in [3.8, 4) is 11.5 Å². The van der Waals surface area contributed by atoms with E-state index in [0.29, 0.717) is 30.2 Å². The van der Waals surface area contributed by atoms with Gasteiger partial charge in [0.2, 0.25) is 6.79 Å². The smallest absolute Gasteiger partial charge is 0.254 e. The highest BCUT2D eigenvalue weighted by Crippen LogP contribution is 2.35. The molecule has 6 heteroatoms. The summed E-state index contributed by atoms with van der Waals surface area (Å²) in [5, 5.41) is 0.752. The van der Waals surface area contributed by atoms with Crippen LogP contribution in [0, 0.1) is 0 Å². The van der Waals surface area contributed by atoms with Crippen molar-refractivity contribution in [1.82, 2.24) is 9.47 Å². The Bertz CT molecular complexity index is 1060. The lowest BCUT2D eigenvalue weighted by Gasteiger charge is -2.24. The topological polar surface area (TPSA) is 43.7 Å². The molecule has 0 bridgehead atoms.